The van der Waals surface area contributed by atoms with Crippen molar-refractivity contribution in [2.75, 3.05) is 17.2 Å². The summed E-state index contributed by atoms with van der Waals surface area (Å²) in [5.74, 6) is 0.571. The predicted octanol–water partition coefficient (Wildman–Crippen LogP) is 6.65. The number of anilines is 1. The second-order valence-electron chi connectivity index (χ2n) is 9.40. The zero-order valence-corrected chi connectivity index (χ0v) is 23.9. The third kappa shape index (κ3) is 5.39. The summed E-state index contributed by atoms with van der Waals surface area (Å²) in [6.07, 6.45) is 0.809. The monoisotopic (exact) mass is 564 g/mol. The molecule has 0 radical (unpaired) electrons. The lowest BCUT2D eigenvalue weighted by Crippen LogP contribution is -2.44. The molecule has 3 heterocycles. The van der Waals surface area contributed by atoms with E-state index in [-0.39, 0.29) is 35.4 Å². The Hall–Kier alpha value is -3.07. The summed E-state index contributed by atoms with van der Waals surface area (Å²) in [4.78, 5) is 29.5. The Labute approximate surface area is 236 Å². The van der Waals surface area contributed by atoms with Gasteiger partial charge in [0.1, 0.15) is 12.4 Å². The van der Waals surface area contributed by atoms with Crippen LogP contribution in [0.4, 0.5) is 5.82 Å². The Morgan fingerprint density at radius 1 is 1.16 bits per heavy atom. The van der Waals surface area contributed by atoms with Crippen LogP contribution in [0, 0.1) is 6.92 Å². The number of hydrogen-bond donors (Lipinski definition) is 1. The number of carbonyl (C=O) groups excluding carboxylic acids is 2. The molecule has 2 aromatic heterocycles. The summed E-state index contributed by atoms with van der Waals surface area (Å²) >= 11 is 9.45. The Bertz CT molecular complexity index is 1430. The number of nitrogens with zero attached hydrogens (tertiary/aromatic N) is 3. The summed E-state index contributed by atoms with van der Waals surface area (Å²) < 4.78 is 1.82. The highest BCUT2D eigenvalue weighted by molar-refractivity contribution is 8.00. The molecule has 0 bridgehead atoms. The minimum Gasteiger partial charge on any atom is -0.352 e. The van der Waals surface area contributed by atoms with Crippen molar-refractivity contribution in [1.82, 2.24) is 15.1 Å². The molecule has 0 saturated carbocycles. The van der Waals surface area contributed by atoms with Crippen LogP contribution in [-0.4, -0.2) is 39.9 Å². The maximum Gasteiger partial charge on any atom is 0.240 e. The van der Waals surface area contributed by atoms with Crippen LogP contribution in [-0.2, 0) is 9.59 Å². The van der Waals surface area contributed by atoms with Gasteiger partial charge in [0.15, 0.2) is 0 Å². The molecule has 2 amide bonds. The standard InChI is InChI=1S/C29H29ClN4O2S2/c1-4-19(3)31-24(35)16-33-25(36)17-38-28(23-6-5-15-37-23)26-27(20-9-11-21(30)12-10-20)32-34(29(26)33)22-13-7-18(2)8-14-22/h5-15,19,28H,4,16-17H2,1-3H3,(H,31,35). The first kappa shape index (κ1) is 26.5. The van der Waals surface area contributed by atoms with E-state index in [1.54, 1.807) is 28.0 Å². The number of halogens is 1. The predicted molar refractivity (Wildman–Crippen MR) is 158 cm³/mol. The maximum absolute atomic E-state index is 13.7. The Morgan fingerprint density at radius 3 is 2.55 bits per heavy atom. The number of amides is 2. The molecular weight excluding hydrogens is 536 g/mol. The van der Waals surface area contributed by atoms with Gasteiger partial charge in [-0.1, -0.05) is 54.4 Å². The second kappa shape index (κ2) is 11.4. The Kier molecular flexibility index (Phi) is 7.93. The van der Waals surface area contributed by atoms with Crippen LogP contribution in [0.5, 0.6) is 0 Å². The van der Waals surface area contributed by atoms with E-state index in [1.807, 2.05) is 85.4 Å². The lowest BCUT2D eigenvalue weighted by molar-refractivity contribution is -0.123. The minimum atomic E-state index is -0.192. The van der Waals surface area contributed by atoms with E-state index in [9.17, 15) is 9.59 Å². The van der Waals surface area contributed by atoms with E-state index in [0.29, 0.717) is 10.8 Å². The van der Waals surface area contributed by atoms with Crippen molar-refractivity contribution in [3.05, 3.63) is 87.1 Å². The molecule has 196 valence electrons. The largest absolute Gasteiger partial charge is 0.352 e. The topological polar surface area (TPSA) is 67.2 Å². The fraction of sp³-hybridized carbons (Fsp3) is 0.276. The van der Waals surface area contributed by atoms with Gasteiger partial charge in [-0.05, 0) is 56.0 Å². The summed E-state index contributed by atoms with van der Waals surface area (Å²) in [5.41, 5.74) is 4.53. The van der Waals surface area contributed by atoms with Gasteiger partial charge in [-0.15, -0.1) is 23.1 Å². The van der Waals surface area contributed by atoms with Crippen molar-refractivity contribution in [1.29, 1.82) is 0 Å². The van der Waals surface area contributed by atoms with E-state index in [1.165, 1.54) is 0 Å². The smallest absolute Gasteiger partial charge is 0.240 e. The van der Waals surface area contributed by atoms with Gasteiger partial charge < -0.3 is 5.32 Å². The van der Waals surface area contributed by atoms with Gasteiger partial charge in [0.05, 0.1) is 22.4 Å². The van der Waals surface area contributed by atoms with Crippen LogP contribution in [0.3, 0.4) is 0 Å². The van der Waals surface area contributed by atoms with Crippen molar-refractivity contribution in [3.8, 4) is 16.9 Å². The van der Waals surface area contributed by atoms with Crippen molar-refractivity contribution in [2.45, 2.75) is 38.5 Å². The number of nitrogens with one attached hydrogen (secondary N) is 1. The summed E-state index contributed by atoms with van der Waals surface area (Å²) in [5, 5.41) is 10.7. The molecule has 0 saturated heterocycles. The molecule has 0 spiro atoms. The molecule has 4 aromatic rings. The van der Waals surface area contributed by atoms with Crippen molar-refractivity contribution in [3.63, 3.8) is 0 Å². The number of thioether (sulfide) groups is 1. The quantitative estimate of drug-likeness (QED) is 0.273. The summed E-state index contributed by atoms with van der Waals surface area (Å²) in [6.45, 7) is 5.94. The number of fused-ring (bicyclic) bond motifs is 1. The Morgan fingerprint density at radius 2 is 1.89 bits per heavy atom. The van der Waals surface area contributed by atoms with Crippen molar-refractivity contribution in [2.24, 2.45) is 0 Å². The molecule has 2 unspecified atom stereocenters. The van der Waals surface area contributed by atoms with Gasteiger partial charge in [-0.2, -0.15) is 5.10 Å². The first-order valence-electron chi connectivity index (χ1n) is 12.6. The lowest BCUT2D eigenvalue weighted by Gasteiger charge is -2.24. The van der Waals surface area contributed by atoms with Gasteiger partial charge in [-0.3, -0.25) is 14.5 Å². The average Bonchev–Trinajstić information content (AvgIpc) is 3.55. The highest BCUT2D eigenvalue weighted by Crippen LogP contribution is 2.49. The fourth-order valence-electron chi connectivity index (χ4n) is 4.44. The van der Waals surface area contributed by atoms with Crippen LogP contribution in [0.2, 0.25) is 5.02 Å². The summed E-state index contributed by atoms with van der Waals surface area (Å²) in [6, 6.07) is 19.8. The molecule has 5 rings (SSSR count). The summed E-state index contributed by atoms with van der Waals surface area (Å²) in [7, 11) is 0. The molecule has 0 fully saturated rings. The molecule has 9 heteroatoms. The van der Waals surface area contributed by atoms with Gasteiger partial charge in [-0.25, -0.2) is 4.68 Å². The number of hydrogen-bond acceptors (Lipinski definition) is 5. The maximum atomic E-state index is 13.7. The molecule has 1 aliphatic rings. The molecule has 2 atom stereocenters. The number of benzene rings is 2. The van der Waals surface area contributed by atoms with E-state index < -0.39 is 0 Å². The third-order valence-electron chi connectivity index (χ3n) is 6.61. The lowest BCUT2D eigenvalue weighted by atomic mass is 10.0. The number of rotatable bonds is 7. The molecule has 6 nitrogen and oxygen atoms in total. The zero-order chi connectivity index (χ0) is 26.8. The molecule has 38 heavy (non-hydrogen) atoms. The molecule has 2 aromatic carbocycles. The molecule has 1 N–H and O–H groups in total. The van der Waals surface area contributed by atoms with Gasteiger partial charge >= 0.3 is 0 Å². The van der Waals surface area contributed by atoms with Crippen LogP contribution >= 0.6 is 34.7 Å². The zero-order valence-electron chi connectivity index (χ0n) is 21.5. The van der Waals surface area contributed by atoms with Crippen molar-refractivity contribution >= 4 is 52.3 Å². The van der Waals surface area contributed by atoms with Gasteiger partial charge in [0.2, 0.25) is 11.8 Å². The third-order valence-corrected chi connectivity index (χ3v) is 9.18. The van der Waals surface area contributed by atoms with Crippen LogP contribution in [0.15, 0.2) is 66.0 Å². The van der Waals surface area contributed by atoms with Crippen LogP contribution < -0.4 is 10.2 Å². The first-order chi connectivity index (χ1) is 18.4. The van der Waals surface area contributed by atoms with Crippen molar-refractivity contribution < 1.29 is 9.59 Å². The first-order valence-corrected chi connectivity index (χ1v) is 14.9. The van der Waals surface area contributed by atoms with Crippen LogP contribution in [0.1, 0.15) is 41.5 Å². The van der Waals surface area contributed by atoms with E-state index >= 15 is 0 Å². The molecule has 1 aliphatic heterocycles. The highest BCUT2D eigenvalue weighted by atomic mass is 35.5. The second-order valence-corrected chi connectivity index (χ2v) is 11.9. The average molecular weight is 565 g/mol. The van der Waals surface area contributed by atoms with E-state index in [4.69, 9.17) is 16.7 Å². The normalized spacial score (nSPS) is 16.2. The Balaban J connectivity index is 1.76. The van der Waals surface area contributed by atoms with E-state index in [0.717, 1.165) is 39.4 Å². The van der Waals surface area contributed by atoms with Gasteiger partial charge in [0.25, 0.3) is 0 Å². The number of thiophene rings is 1. The number of aryl methyl sites for hydroxylation is 1. The molecule has 0 aliphatic carbocycles. The highest BCUT2D eigenvalue weighted by Gasteiger charge is 2.38. The number of carbonyl (C=O) groups is 2. The van der Waals surface area contributed by atoms with Gasteiger partial charge in [0, 0.05) is 27.1 Å². The molecular formula is C29H29ClN4O2S2. The SMILES string of the molecule is CCC(C)NC(=O)CN1C(=O)CSC(c2cccs2)c2c(-c3ccc(Cl)cc3)nn(-c3ccc(C)cc3)c21. The number of aromatic nitrogens is 2. The van der Waals surface area contributed by atoms with Crippen LogP contribution in [0.25, 0.3) is 16.9 Å². The van der Waals surface area contributed by atoms with E-state index in [2.05, 4.69) is 11.4 Å². The fourth-order valence-corrected chi connectivity index (χ4v) is 6.74. The minimum absolute atomic E-state index is 0.0175.